The lowest BCUT2D eigenvalue weighted by Crippen LogP contribution is -2.25. The summed E-state index contributed by atoms with van der Waals surface area (Å²) in [5, 5.41) is 12.4. The number of hydrogen-bond acceptors (Lipinski definition) is 4. The summed E-state index contributed by atoms with van der Waals surface area (Å²) in [7, 11) is 0. The van der Waals surface area contributed by atoms with Crippen LogP contribution in [-0.4, -0.2) is 10.9 Å². The first-order valence-electron chi connectivity index (χ1n) is 2.61. The van der Waals surface area contributed by atoms with Crippen LogP contribution in [0.1, 0.15) is 0 Å². The van der Waals surface area contributed by atoms with Gasteiger partial charge in [0, 0.05) is 0 Å². The molecule has 0 atom stereocenters. The summed E-state index contributed by atoms with van der Waals surface area (Å²) >= 11 is 0. The quantitative estimate of drug-likeness (QED) is 0.386. The van der Waals surface area contributed by atoms with Crippen LogP contribution in [0, 0.1) is 10.1 Å². The summed E-state index contributed by atoms with van der Waals surface area (Å²) in [5.74, 6) is -0.259. The van der Waals surface area contributed by atoms with Crippen LogP contribution < -0.4 is 5.32 Å². The van der Waals surface area contributed by atoms with E-state index in [2.05, 4.69) is 10.3 Å². The zero-order chi connectivity index (χ0) is 7.40. The van der Waals surface area contributed by atoms with Crippen LogP contribution in [0.3, 0.4) is 0 Å². The minimum Gasteiger partial charge on any atom is -0.390 e. The van der Waals surface area contributed by atoms with Crippen molar-refractivity contribution in [3.63, 3.8) is 0 Å². The van der Waals surface area contributed by atoms with Crippen LogP contribution in [0.25, 0.3) is 0 Å². The lowest BCUT2D eigenvalue weighted by Gasteiger charge is -1.93. The van der Waals surface area contributed by atoms with Crippen LogP contribution in [0.2, 0.25) is 0 Å². The third-order valence-electron chi connectivity index (χ3n) is 0.876. The second-order valence-corrected chi connectivity index (χ2v) is 1.55. The maximum atomic E-state index is 10.1. The molecule has 0 bridgehead atoms. The van der Waals surface area contributed by atoms with Gasteiger partial charge in [-0.3, -0.25) is 0 Å². The predicted molar refractivity (Wildman–Crippen MR) is 35.8 cm³/mol. The molecule has 0 aliphatic carbocycles. The second-order valence-electron chi connectivity index (χ2n) is 1.55. The van der Waals surface area contributed by atoms with E-state index in [0.717, 1.165) is 0 Å². The molecule has 0 saturated carbocycles. The van der Waals surface area contributed by atoms with Crippen molar-refractivity contribution in [1.82, 2.24) is 5.32 Å². The molecule has 1 aliphatic rings. The van der Waals surface area contributed by atoms with Crippen molar-refractivity contribution < 1.29 is 4.92 Å². The Morgan fingerprint density at radius 2 is 2.40 bits per heavy atom. The first-order valence-corrected chi connectivity index (χ1v) is 2.61. The van der Waals surface area contributed by atoms with Crippen molar-refractivity contribution in [2.45, 2.75) is 0 Å². The molecule has 0 aromatic heterocycles. The maximum Gasteiger partial charge on any atom is 0.431 e. The van der Waals surface area contributed by atoms with Crippen molar-refractivity contribution >= 4 is 5.96 Å². The number of hydrogen-bond donors (Lipinski definition) is 1. The maximum absolute atomic E-state index is 10.1. The van der Waals surface area contributed by atoms with E-state index < -0.39 is 4.92 Å². The van der Waals surface area contributed by atoms with E-state index in [-0.39, 0.29) is 5.96 Å². The molecule has 0 amide bonds. The molecule has 0 fully saturated rings. The SMILES string of the molecule is O=[N+]([O-])C1=NC=CC=CN1. The molecule has 0 spiro atoms. The van der Waals surface area contributed by atoms with Gasteiger partial charge in [-0.2, -0.15) is 0 Å². The van der Waals surface area contributed by atoms with Gasteiger partial charge in [0.2, 0.25) is 0 Å². The fourth-order valence-electron chi connectivity index (χ4n) is 0.479. The van der Waals surface area contributed by atoms with Crippen molar-refractivity contribution in [2.24, 2.45) is 4.99 Å². The van der Waals surface area contributed by atoms with Gasteiger partial charge in [-0.1, -0.05) is 4.99 Å². The molecule has 5 nitrogen and oxygen atoms in total. The Bertz CT molecular complexity index is 229. The first kappa shape index (κ1) is 6.47. The third kappa shape index (κ3) is 1.41. The Hall–Kier alpha value is -1.65. The first-order chi connectivity index (χ1) is 4.80. The highest BCUT2D eigenvalue weighted by atomic mass is 16.6. The van der Waals surface area contributed by atoms with Gasteiger partial charge in [-0.15, -0.1) is 0 Å². The average molecular weight is 139 g/mol. The van der Waals surface area contributed by atoms with Gasteiger partial charge in [0.25, 0.3) is 0 Å². The van der Waals surface area contributed by atoms with Crippen molar-refractivity contribution in [3.05, 3.63) is 34.7 Å². The molecule has 5 heteroatoms. The van der Waals surface area contributed by atoms with Crippen LogP contribution >= 0.6 is 0 Å². The number of guanidine groups is 1. The van der Waals surface area contributed by atoms with E-state index in [1.54, 1.807) is 12.2 Å². The molecule has 0 saturated heterocycles. The number of allylic oxidation sites excluding steroid dienone is 2. The third-order valence-corrected chi connectivity index (χ3v) is 0.876. The molecular weight excluding hydrogens is 134 g/mol. The summed E-state index contributed by atoms with van der Waals surface area (Å²) < 4.78 is 0. The summed E-state index contributed by atoms with van der Waals surface area (Å²) in [4.78, 5) is 13.0. The fraction of sp³-hybridized carbons (Fsp3) is 0. The molecule has 0 radical (unpaired) electrons. The van der Waals surface area contributed by atoms with E-state index in [1.807, 2.05) is 0 Å². The second kappa shape index (κ2) is 2.77. The van der Waals surface area contributed by atoms with E-state index in [9.17, 15) is 10.1 Å². The molecule has 0 aromatic carbocycles. The van der Waals surface area contributed by atoms with Crippen LogP contribution in [0.5, 0.6) is 0 Å². The largest absolute Gasteiger partial charge is 0.431 e. The zero-order valence-corrected chi connectivity index (χ0v) is 5.02. The lowest BCUT2D eigenvalue weighted by molar-refractivity contribution is -0.354. The molecule has 0 aromatic rings. The minimum absolute atomic E-state index is 0.259. The minimum atomic E-state index is -0.583. The highest BCUT2D eigenvalue weighted by Crippen LogP contribution is 1.86. The number of nitro groups is 1. The highest BCUT2D eigenvalue weighted by molar-refractivity contribution is 5.73. The standard InChI is InChI=1S/C5H5N3O2/c9-8(10)5-6-3-1-2-4-7-5/h1-4H,(H,6,7). The van der Waals surface area contributed by atoms with E-state index in [0.29, 0.717) is 0 Å². The number of aliphatic imine (C=N–C) groups is 1. The Kier molecular flexibility index (Phi) is 1.79. The summed E-state index contributed by atoms with van der Waals surface area (Å²) in [6.45, 7) is 0. The molecule has 0 unspecified atom stereocenters. The molecule has 10 heavy (non-hydrogen) atoms. The molecule has 1 aliphatic heterocycles. The van der Waals surface area contributed by atoms with Crippen molar-refractivity contribution in [1.29, 1.82) is 0 Å². The van der Waals surface area contributed by atoms with E-state index in [4.69, 9.17) is 0 Å². The summed E-state index contributed by atoms with van der Waals surface area (Å²) in [6.07, 6.45) is 6.03. The summed E-state index contributed by atoms with van der Waals surface area (Å²) in [6, 6.07) is 0. The monoisotopic (exact) mass is 139 g/mol. The Balaban J connectivity index is 2.78. The van der Waals surface area contributed by atoms with Gasteiger partial charge in [0.15, 0.2) is 0 Å². The van der Waals surface area contributed by atoms with E-state index >= 15 is 0 Å². The van der Waals surface area contributed by atoms with Gasteiger partial charge in [0.05, 0.1) is 6.20 Å². The predicted octanol–water partition coefficient (Wildman–Crippen LogP) is 0.250. The van der Waals surface area contributed by atoms with Gasteiger partial charge in [-0.25, -0.2) is 5.32 Å². The van der Waals surface area contributed by atoms with Crippen molar-refractivity contribution in [2.75, 3.05) is 0 Å². The zero-order valence-electron chi connectivity index (χ0n) is 5.02. The Morgan fingerprint density at radius 1 is 1.60 bits per heavy atom. The van der Waals surface area contributed by atoms with Crippen LogP contribution in [-0.2, 0) is 0 Å². The number of nitrogens with one attached hydrogen (secondary N) is 1. The average Bonchev–Trinajstić information content (AvgIpc) is 2.12. The van der Waals surface area contributed by atoms with Crippen LogP contribution in [0.15, 0.2) is 29.5 Å². The van der Waals surface area contributed by atoms with Crippen molar-refractivity contribution in [3.8, 4) is 0 Å². The molecule has 1 N–H and O–H groups in total. The van der Waals surface area contributed by atoms with Gasteiger partial charge < -0.3 is 10.1 Å². The van der Waals surface area contributed by atoms with Gasteiger partial charge in [-0.05, 0) is 17.1 Å². The fourth-order valence-corrected chi connectivity index (χ4v) is 0.479. The van der Waals surface area contributed by atoms with Gasteiger partial charge >= 0.3 is 5.96 Å². The lowest BCUT2D eigenvalue weighted by atomic mass is 10.6. The Morgan fingerprint density at radius 3 is 3.10 bits per heavy atom. The number of nitrogens with zero attached hydrogens (tertiary/aromatic N) is 2. The molecule has 1 heterocycles. The highest BCUT2D eigenvalue weighted by Gasteiger charge is 2.06. The van der Waals surface area contributed by atoms with E-state index in [1.165, 1.54) is 12.4 Å². The molecular formula is C5H5N3O2. The van der Waals surface area contributed by atoms with Crippen LogP contribution in [0.4, 0.5) is 0 Å². The summed E-state index contributed by atoms with van der Waals surface area (Å²) in [5.41, 5.74) is 0. The normalized spacial score (nSPS) is 15.4. The Labute approximate surface area is 56.9 Å². The number of rotatable bonds is 0. The molecule has 1 rings (SSSR count). The van der Waals surface area contributed by atoms with Gasteiger partial charge in [0.1, 0.15) is 6.20 Å². The molecule has 52 valence electrons. The topological polar surface area (TPSA) is 67.5 Å². The smallest absolute Gasteiger partial charge is 0.390 e.